The Hall–Kier alpha value is -2.66. The Balaban J connectivity index is 1.76. The van der Waals surface area contributed by atoms with Crippen molar-refractivity contribution in [2.45, 2.75) is 31.8 Å². The van der Waals surface area contributed by atoms with Crippen LogP contribution in [0.1, 0.15) is 48.8 Å². The Bertz CT molecular complexity index is 872. The van der Waals surface area contributed by atoms with E-state index in [1.807, 2.05) is 36.7 Å². The van der Waals surface area contributed by atoms with E-state index in [4.69, 9.17) is 12.2 Å². The summed E-state index contributed by atoms with van der Waals surface area (Å²) >= 11 is 5.71. The average molecular weight is 363 g/mol. The van der Waals surface area contributed by atoms with Crippen LogP contribution in [0.2, 0.25) is 0 Å². The van der Waals surface area contributed by atoms with E-state index in [1.54, 1.807) is 0 Å². The molecule has 1 aliphatic rings. The third kappa shape index (κ3) is 2.99. The second-order valence-electron chi connectivity index (χ2n) is 6.87. The van der Waals surface area contributed by atoms with Crippen LogP contribution in [0.25, 0.3) is 0 Å². The zero-order valence-electron chi connectivity index (χ0n) is 14.9. The Morgan fingerprint density at radius 2 is 1.85 bits per heavy atom. The molecule has 1 aliphatic heterocycles. The number of nitrogens with zero attached hydrogens (tertiary/aromatic N) is 2. The molecule has 0 radical (unpaired) electrons. The summed E-state index contributed by atoms with van der Waals surface area (Å²) in [6, 6.07) is 18.8. The van der Waals surface area contributed by atoms with E-state index in [9.17, 15) is 0 Å². The largest absolute Gasteiger partial charge is 0.363 e. The van der Waals surface area contributed by atoms with Gasteiger partial charge in [-0.3, -0.25) is 4.98 Å². The maximum atomic E-state index is 5.71. The standard InChI is InChI=1S/C21H22N4S/c1-14(2)15-8-10-16(11-9-15)25-20(18-7-5-13-23-18)19(24-21(25)26)17-6-3-4-12-22-17/h3-14,19-20,23H,1-2H3,(H,24,26)/t19-,20-/m0/s1. The van der Waals surface area contributed by atoms with Gasteiger partial charge in [-0.25, -0.2) is 0 Å². The molecule has 132 valence electrons. The van der Waals surface area contributed by atoms with E-state index in [0.717, 1.165) is 22.2 Å². The number of aromatic amines is 1. The number of thiocarbonyl (C=S) groups is 1. The first-order valence-electron chi connectivity index (χ1n) is 8.89. The third-order valence-corrected chi connectivity index (χ3v) is 5.19. The van der Waals surface area contributed by atoms with E-state index >= 15 is 0 Å². The molecule has 0 spiro atoms. The molecule has 4 rings (SSSR count). The van der Waals surface area contributed by atoms with Crippen molar-refractivity contribution in [1.82, 2.24) is 15.3 Å². The number of pyridine rings is 1. The van der Waals surface area contributed by atoms with Crippen LogP contribution < -0.4 is 10.2 Å². The van der Waals surface area contributed by atoms with Crippen molar-refractivity contribution < 1.29 is 0 Å². The number of hydrogen-bond donors (Lipinski definition) is 2. The molecule has 1 saturated heterocycles. The van der Waals surface area contributed by atoms with Gasteiger partial charge in [-0.15, -0.1) is 0 Å². The molecule has 4 nitrogen and oxygen atoms in total. The Morgan fingerprint density at radius 1 is 1.04 bits per heavy atom. The first-order chi connectivity index (χ1) is 12.6. The number of H-pyrrole nitrogens is 1. The van der Waals surface area contributed by atoms with Crippen LogP contribution in [0.4, 0.5) is 5.69 Å². The minimum Gasteiger partial charge on any atom is -0.363 e. The molecular weight excluding hydrogens is 340 g/mol. The molecule has 0 unspecified atom stereocenters. The topological polar surface area (TPSA) is 44.0 Å². The lowest BCUT2D eigenvalue weighted by Crippen LogP contribution is -2.29. The molecule has 2 aromatic heterocycles. The normalized spacial score (nSPS) is 19.8. The van der Waals surface area contributed by atoms with Crippen molar-refractivity contribution in [2.24, 2.45) is 0 Å². The highest BCUT2D eigenvalue weighted by molar-refractivity contribution is 7.80. The second kappa shape index (κ2) is 6.92. The number of benzene rings is 1. The SMILES string of the molecule is CC(C)c1ccc(N2C(=S)N[C@@H](c3ccccn3)[C@@H]2c2ccc[nH]2)cc1. The molecule has 2 atom stereocenters. The van der Waals surface area contributed by atoms with Crippen molar-refractivity contribution in [1.29, 1.82) is 0 Å². The lowest BCUT2D eigenvalue weighted by Gasteiger charge is -2.27. The number of rotatable bonds is 4. The van der Waals surface area contributed by atoms with Gasteiger partial charge in [0.15, 0.2) is 5.11 Å². The Morgan fingerprint density at radius 3 is 2.46 bits per heavy atom. The summed E-state index contributed by atoms with van der Waals surface area (Å²) in [6.45, 7) is 4.41. The molecular formula is C21H22N4S. The molecule has 26 heavy (non-hydrogen) atoms. The summed E-state index contributed by atoms with van der Waals surface area (Å²) in [4.78, 5) is 10.1. The lowest BCUT2D eigenvalue weighted by molar-refractivity contribution is 0.558. The third-order valence-electron chi connectivity index (χ3n) is 4.88. The minimum absolute atomic E-state index is 0.00729. The Kier molecular flexibility index (Phi) is 4.47. The summed E-state index contributed by atoms with van der Waals surface area (Å²) in [5.74, 6) is 0.508. The summed E-state index contributed by atoms with van der Waals surface area (Å²) in [6.07, 6.45) is 3.78. The van der Waals surface area contributed by atoms with Gasteiger partial charge < -0.3 is 15.2 Å². The van der Waals surface area contributed by atoms with Crippen LogP contribution in [0.15, 0.2) is 67.0 Å². The fourth-order valence-electron chi connectivity index (χ4n) is 3.50. The fourth-order valence-corrected chi connectivity index (χ4v) is 3.84. The van der Waals surface area contributed by atoms with Crippen LogP contribution in [0.3, 0.4) is 0 Å². The highest BCUT2D eigenvalue weighted by Gasteiger charge is 2.41. The van der Waals surface area contributed by atoms with Crippen molar-refractivity contribution in [2.75, 3.05) is 4.90 Å². The highest BCUT2D eigenvalue weighted by Crippen LogP contribution is 2.40. The summed E-state index contributed by atoms with van der Waals surface area (Å²) in [5.41, 5.74) is 4.51. The first-order valence-corrected chi connectivity index (χ1v) is 9.30. The van der Waals surface area contributed by atoms with Gasteiger partial charge >= 0.3 is 0 Å². The van der Waals surface area contributed by atoms with Crippen molar-refractivity contribution in [3.8, 4) is 0 Å². The molecule has 0 amide bonds. The molecule has 3 heterocycles. The molecule has 0 aliphatic carbocycles. The van der Waals surface area contributed by atoms with Crippen LogP contribution in [-0.4, -0.2) is 15.1 Å². The molecule has 0 bridgehead atoms. The van der Waals surface area contributed by atoms with Crippen LogP contribution in [0, 0.1) is 0 Å². The average Bonchev–Trinajstić information content (AvgIpc) is 3.30. The number of aromatic nitrogens is 2. The van der Waals surface area contributed by atoms with E-state index in [0.29, 0.717) is 5.92 Å². The van der Waals surface area contributed by atoms with Gasteiger partial charge in [0.25, 0.3) is 0 Å². The van der Waals surface area contributed by atoms with Crippen LogP contribution >= 0.6 is 12.2 Å². The summed E-state index contributed by atoms with van der Waals surface area (Å²) in [5, 5.41) is 4.19. The van der Waals surface area contributed by atoms with Gasteiger partial charge in [0.1, 0.15) is 6.04 Å². The smallest absolute Gasteiger partial charge is 0.174 e. The van der Waals surface area contributed by atoms with Crippen molar-refractivity contribution in [3.05, 3.63) is 83.9 Å². The van der Waals surface area contributed by atoms with E-state index in [-0.39, 0.29) is 12.1 Å². The van der Waals surface area contributed by atoms with Crippen LogP contribution in [-0.2, 0) is 0 Å². The predicted molar refractivity (Wildman–Crippen MR) is 109 cm³/mol. The first kappa shape index (κ1) is 16.8. The van der Waals surface area contributed by atoms with Gasteiger partial charge in [0.05, 0.1) is 11.7 Å². The second-order valence-corrected chi connectivity index (χ2v) is 7.25. The molecule has 0 saturated carbocycles. The number of hydrogen-bond acceptors (Lipinski definition) is 2. The van der Waals surface area contributed by atoms with E-state index < -0.39 is 0 Å². The maximum absolute atomic E-state index is 5.71. The number of anilines is 1. The fraction of sp³-hybridized carbons (Fsp3) is 0.238. The van der Waals surface area contributed by atoms with Gasteiger partial charge in [-0.1, -0.05) is 32.0 Å². The van der Waals surface area contributed by atoms with Crippen molar-refractivity contribution in [3.63, 3.8) is 0 Å². The maximum Gasteiger partial charge on any atom is 0.174 e. The lowest BCUT2D eigenvalue weighted by atomic mass is 10.00. The van der Waals surface area contributed by atoms with Gasteiger partial charge in [0, 0.05) is 23.8 Å². The van der Waals surface area contributed by atoms with E-state index in [2.05, 4.69) is 64.4 Å². The minimum atomic E-state index is -0.00729. The van der Waals surface area contributed by atoms with Gasteiger partial charge in [-0.05, 0) is 60.1 Å². The van der Waals surface area contributed by atoms with E-state index in [1.165, 1.54) is 5.56 Å². The monoisotopic (exact) mass is 362 g/mol. The molecule has 1 fully saturated rings. The van der Waals surface area contributed by atoms with Gasteiger partial charge in [-0.2, -0.15) is 0 Å². The molecule has 3 aromatic rings. The molecule has 5 heteroatoms. The molecule has 2 N–H and O–H groups in total. The molecule has 1 aromatic carbocycles. The van der Waals surface area contributed by atoms with Crippen LogP contribution in [0.5, 0.6) is 0 Å². The highest BCUT2D eigenvalue weighted by atomic mass is 32.1. The Labute approximate surface area is 159 Å². The number of nitrogens with one attached hydrogen (secondary N) is 2. The zero-order valence-corrected chi connectivity index (χ0v) is 15.7. The van der Waals surface area contributed by atoms with Gasteiger partial charge in [0.2, 0.25) is 0 Å². The summed E-state index contributed by atoms with van der Waals surface area (Å²) < 4.78 is 0. The summed E-state index contributed by atoms with van der Waals surface area (Å²) in [7, 11) is 0. The van der Waals surface area contributed by atoms with Crippen molar-refractivity contribution >= 4 is 23.0 Å². The quantitative estimate of drug-likeness (QED) is 0.660. The zero-order chi connectivity index (χ0) is 18.1. The predicted octanol–water partition coefficient (Wildman–Crippen LogP) is 4.71.